The highest BCUT2D eigenvalue weighted by molar-refractivity contribution is 5.29. The van der Waals surface area contributed by atoms with Crippen LogP contribution in [0.2, 0.25) is 0 Å². The van der Waals surface area contributed by atoms with E-state index in [0.717, 1.165) is 36.1 Å². The number of ether oxygens (including phenoxy) is 1. The van der Waals surface area contributed by atoms with Gasteiger partial charge in [0.05, 0.1) is 18.5 Å². The van der Waals surface area contributed by atoms with Crippen LogP contribution in [0, 0.1) is 0 Å². The van der Waals surface area contributed by atoms with Gasteiger partial charge in [0.25, 0.3) is 0 Å². The van der Waals surface area contributed by atoms with E-state index in [1.165, 1.54) is 12.8 Å². The first-order valence-electron chi connectivity index (χ1n) is 6.59. The molecule has 1 fully saturated rings. The summed E-state index contributed by atoms with van der Waals surface area (Å²) in [5, 5.41) is 3.46. The topological polar surface area (TPSA) is 34.2 Å². The average Bonchev–Trinajstić information content (AvgIpc) is 3.22. The smallest absolute Gasteiger partial charge is 0.140 e. The number of hydrogen-bond acceptors (Lipinski definition) is 3. The van der Waals surface area contributed by atoms with Crippen LogP contribution in [-0.2, 0) is 13.0 Å². The summed E-state index contributed by atoms with van der Waals surface area (Å²) in [5.74, 6) is 0.896. The van der Waals surface area contributed by atoms with E-state index < -0.39 is 0 Å². The zero-order valence-corrected chi connectivity index (χ0v) is 11.4. The van der Waals surface area contributed by atoms with Gasteiger partial charge in [-0.2, -0.15) is 0 Å². The fourth-order valence-electron chi connectivity index (χ4n) is 1.61. The Morgan fingerprint density at radius 3 is 2.59 bits per heavy atom. The minimum absolute atomic E-state index is 0.735. The molecule has 1 aliphatic rings. The largest absolute Gasteiger partial charge is 0.495 e. The van der Waals surface area contributed by atoms with E-state index in [9.17, 15) is 0 Å². The van der Waals surface area contributed by atoms with Gasteiger partial charge in [0, 0.05) is 12.6 Å². The van der Waals surface area contributed by atoms with Crippen molar-refractivity contribution in [1.29, 1.82) is 0 Å². The van der Waals surface area contributed by atoms with E-state index in [0.29, 0.717) is 0 Å². The highest BCUT2D eigenvalue weighted by atomic mass is 16.5. The van der Waals surface area contributed by atoms with Crippen LogP contribution in [0.15, 0.2) is 12.1 Å². The standard InChI is InChI=1S/C12H18N2O.C2H6/c1-3-11-12(15-2)7-6-10(14-11)8-13-9-4-5-9;1-2/h6-7,9,13H,3-5,8H2,1-2H3;1-2H3. The van der Waals surface area contributed by atoms with Crippen molar-refractivity contribution in [3.8, 4) is 5.75 Å². The van der Waals surface area contributed by atoms with Crippen molar-refractivity contribution < 1.29 is 4.74 Å². The van der Waals surface area contributed by atoms with Gasteiger partial charge in [-0.15, -0.1) is 0 Å². The number of aromatic nitrogens is 1. The van der Waals surface area contributed by atoms with Gasteiger partial charge < -0.3 is 10.1 Å². The monoisotopic (exact) mass is 236 g/mol. The molecule has 17 heavy (non-hydrogen) atoms. The summed E-state index contributed by atoms with van der Waals surface area (Å²) >= 11 is 0. The third-order valence-corrected chi connectivity index (χ3v) is 2.69. The second-order valence-corrected chi connectivity index (χ2v) is 3.96. The van der Waals surface area contributed by atoms with Gasteiger partial charge in [0.2, 0.25) is 0 Å². The fraction of sp³-hybridized carbons (Fsp3) is 0.643. The van der Waals surface area contributed by atoms with Gasteiger partial charge in [0.1, 0.15) is 5.75 Å². The Labute approximate surface area is 105 Å². The molecule has 1 aromatic heterocycles. The van der Waals surface area contributed by atoms with Gasteiger partial charge in [0.15, 0.2) is 0 Å². The summed E-state index contributed by atoms with van der Waals surface area (Å²) in [5.41, 5.74) is 2.16. The molecule has 0 aliphatic heterocycles. The Morgan fingerprint density at radius 2 is 2.06 bits per heavy atom. The maximum Gasteiger partial charge on any atom is 0.140 e. The average molecular weight is 236 g/mol. The third kappa shape index (κ3) is 4.35. The molecule has 1 saturated carbocycles. The summed E-state index contributed by atoms with van der Waals surface area (Å²) in [6, 6.07) is 4.78. The Balaban J connectivity index is 0.000000686. The summed E-state index contributed by atoms with van der Waals surface area (Å²) < 4.78 is 5.25. The molecule has 1 N–H and O–H groups in total. The molecule has 1 aromatic rings. The number of nitrogens with zero attached hydrogens (tertiary/aromatic N) is 1. The maximum atomic E-state index is 5.25. The predicted octanol–water partition coefficient (Wildman–Crippen LogP) is 2.93. The molecule has 0 bridgehead atoms. The normalized spacial score (nSPS) is 13.9. The van der Waals surface area contributed by atoms with Gasteiger partial charge in [-0.05, 0) is 31.4 Å². The van der Waals surface area contributed by atoms with Gasteiger partial charge in [-0.25, -0.2) is 0 Å². The molecule has 0 radical (unpaired) electrons. The van der Waals surface area contributed by atoms with E-state index in [2.05, 4.69) is 17.2 Å². The lowest BCUT2D eigenvalue weighted by molar-refractivity contribution is 0.406. The lowest BCUT2D eigenvalue weighted by atomic mass is 10.2. The number of methoxy groups -OCH3 is 1. The zero-order valence-electron chi connectivity index (χ0n) is 11.4. The third-order valence-electron chi connectivity index (χ3n) is 2.69. The minimum atomic E-state index is 0.735. The molecular weight excluding hydrogens is 212 g/mol. The number of rotatable bonds is 5. The molecule has 1 aliphatic carbocycles. The molecule has 3 heteroatoms. The van der Waals surface area contributed by atoms with E-state index >= 15 is 0 Å². The quantitative estimate of drug-likeness (QED) is 0.853. The highest BCUT2D eigenvalue weighted by Gasteiger charge is 2.20. The van der Waals surface area contributed by atoms with Crippen molar-refractivity contribution in [3.05, 3.63) is 23.5 Å². The Bertz CT molecular complexity index is 335. The summed E-state index contributed by atoms with van der Waals surface area (Å²) in [6.07, 6.45) is 3.55. The summed E-state index contributed by atoms with van der Waals surface area (Å²) in [7, 11) is 1.69. The van der Waals surface area contributed by atoms with E-state index in [1.807, 2.05) is 26.0 Å². The number of aryl methyl sites for hydroxylation is 1. The second-order valence-electron chi connectivity index (χ2n) is 3.96. The Hall–Kier alpha value is -1.09. The van der Waals surface area contributed by atoms with Crippen molar-refractivity contribution >= 4 is 0 Å². The van der Waals surface area contributed by atoms with Crippen molar-refractivity contribution in [2.45, 2.75) is 52.6 Å². The molecule has 0 atom stereocenters. The van der Waals surface area contributed by atoms with Crippen molar-refractivity contribution in [3.63, 3.8) is 0 Å². The highest BCUT2D eigenvalue weighted by Crippen LogP contribution is 2.20. The van der Waals surface area contributed by atoms with Gasteiger partial charge >= 0.3 is 0 Å². The molecule has 0 unspecified atom stereocenters. The van der Waals surface area contributed by atoms with E-state index in [-0.39, 0.29) is 0 Å². The molecule has 0 amide bonds. The Kier molecular flexibility index (Phi) is 5.98. The minimum Gasteiger partial charge on any atom is -0.495 e. The lowest BCUT2D eigenvalue weighted by Crippen LogP contribution is -2.16. The molecule has 0 spiro atoms. The number of hydrogen-bond donors (Lipinski definition) is 1. The van der Waals surface area contributed by atoms with Crippen LogP contribution in [0.3, 0.4) is 0 Å². The molecule has 96 valence electrons. The number of pyridine rings is 1. The van der Waals surface area contributed by atoms with Crippen LogP contribution in [-0.4, -0.2) is 18.1 Å². The Morgan fingerprint density at radius 1 is 1.35 bits per heavy atom. The van der Waals surface area contributed by atoms with Crippen molar-refractivity contribution in [1.82, 2.24) is 10.3 Å². The van der Waals surface area contributed by atoms with Crippen LogP contribution >= 0.6 is 0 Å². The maximum absolute atomic E-state index is 5.25. The zero-order chi connectivity index (χ0) is 12.7. The van der Waals surface area contributed by atoms with Gasteiger partial charge in [-0.3, -0.25) is 4.98 Å². The van der Waals surface area contributed by atoms with Crippen LogP contribution in [0.25, 0.3) is 0 Å². The van der Waals surface area contributed by atoms with Crippen molar-refractivity contribution in [2.75, 3.05) is 7.11 Å². The molecule has 1 heterocycles. The first kappa shape index (κ1) is 14.0. The SMILES string of the molecule is CC.CCc1nc(CNC2CC2)ccc1OC. The molecule has 3 nitrogen and oxygen atoms in total. The van der Waals surface area contributed by atoms with Gasteiger partial charge in [-0.1, -0.05) is 20.8 Å². The van der Waals surface area contributed by atoms with Crippen LogP contribution in [0.1, 0.15) is 45.0 Å². The van der Waals surface area contributed by atoms with E-state index in [4.69, 9.17) is 4.74 Å². The van der Waals surface area contributed by atoms with Crippen LogP contribution in [0.4, 0.5) is 0 Å². The first-order chi connectivity index (χ1) is 8.33. The molecular formula is C14H24N2O. The second kappa shape index (κ2) is 7.28. The molecule has 2 rings (SSSR count). The van der Waals surface area contributed by atoms with Crippen molar-refractivity contribution in [2.24, 2.45) is 0 Å². The first-order valence-corrected chi connectivity index (χ1v) is 6.59. The summed E-state index contributed by atoms with van der Waals surface area (Å²) in [6.45, 7) is 6.98. The molecule has 0 saturated heterocycles. The van der Waals surface area contributed by atoms with E-state index in [1.54, 1.807) is 7.11 Å². The summed E-state index contributed by atoms with van der Waals surface area (Å²) in [4.78, 5) is 4.57. The molecule has 0 aromatic carbocycles. The predicted molar refractivity (Wildman–Crippen MR) is 71.4 cm³/mol. The van der Waals surface area contributed by atoms with Crippen LogP contribution in [0.5, 0.6) is 5.75 Å². The fourth-order valence-corrected chi connectivity index (χ4v) is 1.61. The lowest BCUT2D eigenvalue weighted by Gasteiger charge is -2.08. The van der Waals surface area contributed by atoms with Crippen LogP contribution < -0.4 is 10.1 Å². The number of nitrogens with one attached hydrogen (secondary N) is 1.